The third-order valence-corrected chi connectivity index (χ3v) is 10.5. The van der Waals surface area contributed by atoms with E-state index >= 15 is 4.39 Å². The molecule has 4 rings (SSSR count). The summed E-state index contributed by atoms with van der Waals surface area (Å²) in [4.78, 5) is 20.0. The molecule has 0 bridgehead atoms. The highest BCUT2D eigenvalue weighted by molar-refractivity contribution is 7.98. The number of anilines is 1. The molecule has 1 atom stereocenters. The number of carboxylic acids is 1. The lowest BCUT2D eigenvalue weighted by Crippen LogP contribution is -2.29. The number of aliphatic imine (C=N–C) groups is 1. The first-order chi connectivity index (χ1) is 23.4. The van der Waals surface area contributed by atoms with Crippen molar-refractivity contribution in [3.63, 3.8) is 0 Å². The number of halogens is 4. The molecule has 0 amide bonds. The maximum Gasteiger partial charge on any atom is 0.326 e. The zero-order valence-electron chi connectivity index (χ0n) is 27.1. The SMILES string of the molecule is COc1cc(-n2c(C(C)(C)c3ccc(S(N)(=O)=O)c(Cl)c3)cnc2SCc2c(F)cc(N[C@H](CCCN=C(N)N)C(=O)O)cc2Cl)ccc1F. The molecule has 18 heteroatoms. The molecule has 0 aliphatic rings. The Morgan fingerprint density at radius 1 is 1.12 bits per heavy atom. The number of methoxy groups -OCH3 is 1. The normalized spacial score (nSPS) is 12.4. The van der Waals surface area contributed by atoms with E-state index < -0.39 is 39.1 Å². The molecule has 1 heterocycles. The molecule has 0 spiro atoms. The van der Waals surface area contributed by atoms with Gasteiger partial charge in [-0.3, -0.25) is 9.56 Å². The molecule has 0 saturated carbocycles. The molecule has 0 fully saturated rings. The molecule has 0 unspecified atom stereocenters. The Morgan fingerprint density at radius 2 is 1.84 bits per heavy atom. The first-order valence-corrected chi connectivity index (χ1v) is 18.1. The number of nitrogens with two attached hydrogens (primary N) is 3. The summed E-state index contributed by atoms with van der Waals surface area (Å²) in [5.41, 5.74) is 11.8. The minimum Gasteiger partial charge on any atom is -0.494 e. The number of ether oxygens (including phenoxy) is 1. The number of aromatic nitrogens is 2. The topological polar surface area (TPSA) is 201 Å². The molecule has 268 valence electrons. The minimum atomic E-state index is -4.07. The summed E-state index contributed by atoms with van der Waals surface area (Å²) in [7, 11) is -2.73. The number of rotatable bonds is 15. The van der Waals surface area contributed by atoms with Gasteiger partial charge in [0.05, 0.1) is 29.7 Å². The van der Waals surface area contributed by atoms with Gasteiger partial charge in [0.15, 0.2) is 22.7 Å². The van der Waals surface area contributed by atoms with E-state index in [4.69, 9.17) is 44.5 Å². The number of nitrogens with one attached hydrogen (secondary N) is 1. The zero-order chi connectivity index (χ0) is 37.0. The molecule has 0 saturated heterocycles. The molecule has 1 aromatic heterocycles. The highest BCUT2D eigenvalue weighted by atomic mass is 35.5. The quantitative estimate of drug-likeness (QED) is 0.0436. The van der Waals surface area contributed by atoms with Gasteiger partial charge in [0.1, 0.15) is 16.8 Å². The van der Waals surface area contributed by atoms with Gasteiger partial charge < -0.3 is 26.6 Å². The monoisotopic (exact) mass is 769 g/mol. The summed E-state index contributed by atoms with van der Waals surface area (Å²) in [6.07, 6.45) is 2.14. The number of hydrogen-bond acceptors (Lipinski definition) is 8. The molecule has 50 heavy (non-hydrogen) atoms. The standard InChI is InChI=1S/C32H35Cl2F2N7O5S2/c1-32(2,17-6-9-27(22(34)11-17)50(39,46)47)28-15-41-31(43(28)19-7-8-23(35)26(14-19)48-3)49-16-20-21(33)12-18(13-24(20)36)42-25(29(44)45)5-4-10-40-30(37)38/h6-9,11-15,25,42H,4-5,10,16H2,1-3H3,(H,44,45)(H4,37,38,40)(H2,39,46,47)/t25-/m1/s1. The predicted molar refractivity (Wildman–Crippen MR) is 191 cm³/mol. The van der Waals surface area contributed by atoms with Crippen LogP contribution in [0.1, 0.15) is 43.5 Å². The smallest absolute Gasteiger partial charge is 0.326 e. The number of aliphatic carboxylic acids is 1. The van der Waals surface area contributed by atoms with Crippen LogP contribution in [0.15, 0.2) is 69.8 Å². The van der Waals surface area contributed by atoms with Crippen LogP contribution >= 0.6 is 35.0 Å². The van der Waals surface area contributed by atoms with Crippen molar-refractivity contribution < 1.29 is 31.8 Å². The van der Waals surface area contributed by atoms with Crippen LogP contribution in [0.25, 0.3) is 5.69 Å². The van der Waals surface area contributed by atoms with Crippen LogP contribution in [0.3, 0.4) is 0 Å². The highest BCUT2D eigenvalue weighted by Gasteiger charge is 2.31. The van der Waals surface area contributed by atoms with Gasteiger partial charge in [-0.1, -0.05) is 54.9 Å². The lowest BCUT2D eigenvalue weighted by atomic mass is 9.81. The Balaban J connectivity index is 1.68. The van der Waals surface area contributed by atoms with E-state index in [9.17, 15) is 22.7 Å². The summed E-state index contributed by atoms with van der Waals surface area (Å²) < 4.78 is 60.9. The fourth-order valence-corrected chi connectivity index (χ4v) is 7.58. The highest BCUT2D eigenvalue weighted by Crippen LogP contribution is 2.40. The number of guanidine groups is 1. The number of imidazole rings is 1. The molecule has 8 N–H and O–H groups in total. The van der Waals surface area contributed by atoms with Crippen molar-refractivity contribution in [2.75, 3.05) is 19.0 Å². The van der Waals surface area contributed by atoms with E-state index in [0.29, 0.717) is 28.5 Å². The van der Waals surface area contributed by atoms with Crippen LogP contribution in [0, 0.1) is 11.6 Å². The first kappa shape index (κ1) is 38.7. The van der Waals surface area contributed by atoms with Gasteiger partial charge >= 0.3 is 5.97 Å². The molecular formula is C32H35Cl2F2N7O5S2. The largest absolute Gasteiger partial charge is 0.494 e. The Bertz CT molecular complexity index is 2020. The van der Waals surface area contributed by atoms with Crippen LogP contribution in [0.2, 0.25) is 10.0 Å². The molecule has 0 aliphatic carbocycles. The van der Waals surface area contributed by atoms with Gasteiger partial charge in [-0.05, 0) is 54.8 Å². The second kappa shape index (κ2) is 15.9. The van der Waals surface area contributed by atoms with E-state index in [-0.39, 0.29) is 56.6 Å². The number of hydrogen-bond donors (Lipinski definition) is 5. The maximum absolute atomic E-state index is 15.5. The second-order valence-electron chi connectivity index (χ2n) is 11.6. The number of primary sulfonamides is 1. The van der Waals surface area contributed by atoms with Crippen LogP contribution in [-0.4, -0.2) is 54.7 Å². The first-order valence-electron chi connectivity index (χ1n) is 14.8. The molecule has 0 radical (unpaired) electrons. The van der Waals surface area contributed by atoms with Crippen molar-refractivity contribution in [2.45, 2.75) is 54.0 Å². The maximum atomic E-state index is 15.5. The summed E-state index contributed by atoms with van der Waals surface area (Å²) in [5, 5.41) is 18.1. The fourth-order valence-electron chi connectivity index (χ4n) is 5.11. The van der Waals surface area contributed by atoms with Crippen molar-refractivity contribution in [3.05, 3.63) is 93.2 Å². The van der Waals surface area contributed by atoms with Gasteiger partial charge in [-0.25, -0.2) is 32.1 Å². The van der Waals surface area contributed by atoms with Crippen LogP contribution in [0.4, 0.5) is 14.5 Å². The Labute approximate surface area is 302 Å². The molecule has 12 nitrogen and oxygen atoms in total. The summed E-state index contributed by atoms with van der Waals surface area (Å²) in [6.45, 7) is 3.97. The third-order valence-electron chi connectivity index (χ3n) is 7.79. The Morgan fingerprint density at radius 3 is 2.44 bits per heavy atom. The third kappa shape index (κ3) is 8.98. The molecule has 0 aliphatic heterocycles. The second-order valence-corrected chi connectivity index (χ2v) is 14.9. The number of carbonyl (C=O) groups is 1. The molecular weight excluding hydrogens is 735 g/mol. The van der Waals surface area contributed by atoms with Crippen molar-refractivity contribution in [3.8, 4) is 11.4 Å². The molecule has 3 aromatic carbocycles. The van der Waals surface area contributed by atoms with Crippen molar-refractivity contribution in [2.24, 2.45) is 21.6 Å². The van der Waals surface area contributed by atoms with E-state index in [0.717, 1.165) is 17.8 Å². The lowest BCUT2D eigenvalue weighted by molar-refractivity contribution is -0.138. The van der Waals surface area contributed by atoms with Gasteiger partial charge in [-0.15, -0.1) is 0 Å². The van der Waals surface area contributed by atoms with Gasteiger partial charge in [0.25, 0.3) is 0 Å². The van der Waals surface area contributed by atoms with Crippen LogP contribution in [-0.2, 0) is 26.0 Å². The fraction of sp³-hybridized carbons (Fsp3) is 0.281. The van der Waals surface area contributed by atoms with E-state index in [1.165, 1.54) is 43.5 Å². The zero-order valence-corrected chi connectivity index (χ0v) is 30.2. The summed E-state index contributed by atoms with van der Waals surface area (Å²) in [6, 6.07) is 10.2. The van der Waals surface area contributed by atoms with Gasteiger partial charge in [0, 0.05) is 40.1 Å². The number of thioether (sulfide) groups is 1. The van der Waals surface area contributed by atoms with E-state index in [1.807, 2.05) is 13.8 Å². The minimum absolute atomic E-state index is 0.00984. The number of sulfonamides is 1. The van der Waals surface area contributed by atoms with E-state index in [1.54, 1.807) is 16.8 Å². The van der Waals surface area contributed by atoms with Gasteiger partial charge in [-0.2, -0.15) is 0 Å². The van der Waals surface area contributed by atoms with Crippen molar-refractivity contribution in [1.29, 1.82) is 0 Å². The molecule has 4 aromatic rings. The average Bonchev–Trinajstić information content (AvgIpc) is 3.46. The van der Waals surface area contributed by atoms with Crippen LogP contribution < -0.4 is 26.7 Å². The van der Waals surface area contributed by atoms with Crippen molar-refractivity contribution in [1.82, 2.24) is 9.55 Å². The van der Waals surface area contributed by atoms with Crippen molar-refractivity contribution >= 4 is 62.6 Å². The summed E-state index contributed by atoms with van der Waals surface area (Å²) >= 11 is 14.0. The van der Waals surface area contributed by atoms with Crippen LogP contribution in [0.5, 0.6) is 5.75 Å². The number of benzene rings is 3. The average molecular weight is 771 g/mol. The van der Waals surface area contributed by atoms with Gasteiger partial charge in [0.2, 0.25) is 10.0 Å². The number of nitrogens with zero attached hydrogens (tertiary/aromatic N) is 3. The Hall–Kier alpha value is -4.09. The Kier molecular flexibility index (Phi) is 12.3. The predicted octanol–water partition coefficient (Wildman–Crippen LogP) is 5.65. The summed E-state index contributed by atoms with van der Waals surface area (Å²) in [5.74, 6) is -2.52. The van der Waals surface area contributed by atoms with E-state index in [2.05, 4.69) is 15.3 Å². The lowest BCUT2D eigenvalue weighted by Gasteiger charge is -2.28. The number of carboxylic acid groups (broad SMARTS) is 1.